The molecule has 8 rings (SSSR count). The van der Waals surface area contributed by atoms with E-state index in [-0.39, 0.29) is 12.4 Å². The van der Waals surface area contributed by atoms with Crippen LogP contribution in [0.3, 0.4) is 0 Å². The van der Waals surface area contributed by atoms with Crippen molar-refractivity contribution in [1.82, 2.24) is 34.7 Å². The lowest BCUT2D eigenvalue weighted by molar-refractivity contribution is -0.164. The van der Waals surface area contributed by atoms with Crippen LogP contribution in [0.4, 0.5) is 11.5 Å². The Balaban J connectivity index is 0.979. The Bertz CT molecular complexity index is 1740. The number of aromatic nitrogens is 7. The van der Waals surface area contributed by atoms with Gasteiger partial charge in [0.15, 0.2) is 17.8 Å². The van der Waals surface area contributed by atoms with E-state index in [2.05, 4.69) is 43.8 Å². The predicted octanol–water partition coefficient (Wildman–Crippen LogP) is 4.90. The van der Waals surface area contributed by atoms with E-state index in [1.807, 2.05) is 25.4 Å². The second-order valence-corrected chi connectivity index (χ2v) is 13.5. The molecule has 2 bridgehead atoms. The van der Waals surface area contributed by atoms with Crippen LogP contribution >= 0.6 is 0 Å². The van der Waals surface area contributed by atoms with Gasteiger partial charge in [0.25, 0.3) is 0 Å². The summed E-state index contributed by atoms with van der Waals surface area (Å²) in [6, 6.07) is 8.24. The maximum absolute atomic E-state index is 9.63. The van der Waals surface area contributed by atoms with Crippen LogP contribution in [-0.4, -0.2) is 85.6 Å². The number of morpholine rings is 1. The summed E-state index contributed by atoms with van der Waals surface area (Å²) in [7, 11) is 0. The van der Waals surface area contributed by atoms with Crippen LogP contribution in [0.25, 0.3) is 22.5 Å². The molecular weight excluding hydrogens is 596 g/mol. The summed E-state index contributed by atoms with van der Waals surface area (Å²) < 4.78 is 21.0. The molecule has 7 heterocycles. The molecule has 13 nitrogen and oxygen atoms in total. The molecule has 3 aliphatic heterocycles. The Morgan fingerprint density at radius 1 is 1.11 bits per heavy atom. The van der Waals surface area contributed by atoms with E-state index in [9.17, 15) is 5.26 Å². The third kappa shape index (κ3) is 6.29. The highest BCUT2D eigenvalue weighted by atomic mass is 16.7. The molecule has 4 fully saturated rings. The van der Waals surface area contributed by atoms with Crippen molar-refractivity contribution in [1.29, 1.82) is 5.26 Å². The van der Waals surface area contributed by atoms with E-state index in [0.29, 0.717) is 23.7 Å². The van der Waals surface area contributed by atoms with Crippen LogP contribution in [0.5, 0.6) is 0 Å². The minimum absolute atomic E-state index is 0.0108. The van der Waals surface area contributed by atoms with E-state index >= 15 is 0 Å². The number of fused-ring (bicyclic) bond motifs is 3. The van der Waals surface area contributed by atoms with Crippen LogP contribution in [0.2, 0.25) is 0 Å². The number of rotatable bonds is 10. The summed E-state index contributed by atoms with van der Waals surface area (Å²) in [6.07, 6.45) is 15.8. The summed E-state index contributed by atoms with van der Waals surface area (Å²) in [6.45, 7) is 5.03. The molecular formula is C34H42N10O3. The molecule has 0 spiro atoms. The van der Waals surface area contributed by atoms with Crippen molar-refractivity contribution in [2.24, 2.45) is 5.92 Å². The van der Waals surface area contributed by atoms with Gasteiger partial charge in [-0.2, -0.15) is 15.0 Å². The summed E-state index contributed by atoms with van der Waals surface area (Å²) in [5.74, 6) is 2.57. The summed E-state index contributed by atoms with van der Waals surface area (Å²) in [5, 5.41) is 27.6. The zero-order valence-corrected chi connectivity index (χ0v) is 26.9. The third-order valence-corrected chi connectivity index (χ3v) is 10.2. The zero-order valence-electron chi connectivity index (χ0n) is 26.9. The van der Waals surface area contributed by atoms with Crippen molar-refractivity contribution in [3.63, 3.8) is 0 Å². The highest BCUT2D eigenvalue weighted by Crippen LogP contribution is 2.37. The third-order valence-electron chi connectivity index (χ3n) is 10.2. The fourth-order valence-electron chi connectivity index (χ4n) is 7.56. The maximum Gasteiger partial charge on any atom is 0.167 e. The number of nitrogens with zero attached hydrogens (tertiary/aromatic N) is 9. The number of ether oxygens (including phenoxy) is 3. The van der Waals surface area contributed by atoms with Gasteiger partial charge in [0, 0.05) is 37.1 Å². The SMILES string of the molecule is C[C@H](C#N)Nc1cc(-n2ncc3ccc(N4C[C@H]5C[C@@H]4CO5)nc32)ncc1-n1cc(C2CCC(CCOC3CCCCO3)CC2)nn1. The molecule has 4 aromatic rings. The lowest BCUT2D eigenvalue weighted by Crippen LogP contribution is -2.37. The van der Waals surface area contributed by atoms with Gasteiger partial charge in [-0.05, 0) is 82.8 Å². The quantitative estimate of drug-likeness (QED) is 0.253. The molecule has 1 aliphatic carbocycles. The average molecular weight is 639 g/mol. The molecule has 246 valence electrons. The Kier molecular flexibility index (Phi) is 8.47. The smallest absolute Gasteiger partial charge is 0.167 e. The van der Waals surface area contributed by atoms with Crippen LogP contribution in [-0.2, 0) is 14.2 Å². The van der Waals surface area contributed by atoms with Gasteiger partial charge < -0.3 is 24.4 Å². The molecule has 47 heavy (non-hydrogen) atoms. The minimum atomic E-state index is -0.428. The van der Waals surface area contributed by atoms with E-state index in [1.165, 1.54) is 6.42 Å². The second-order valence-electron chi connectivity index (χ2n) is 13.5. The van der Waals surface area contributed by atoms with Crippen molar-refractivity contribution in [3.8, 4) is 17.6 Å². The van der Waals surface area contributed by atoms with Crippen molar-refractivity contribution in [3.05, 3.63) is 42.5 Å². The van der Waals surface area contributed by atoms with Crippen molar-refractivity contribution in [2.75, 3.05) is 36.6 Å². The van der Waals surface area contributed by atoms with Crippen LogP contribution in [0, 0.1) is 17.2 Å². The number of hydrogen-bond acceptors (Lipinski definition) is 11. The second kappa shape index (κ2) is 13.2. The fraction of sp³-hybridized carbons (Fsp3) is 0.588. The van der Waals surface area contributed by atoms with Gasteiger partial charge in [0.2, 0.25) is 0 Å². The van der Waals surface area contributed by atoms with Crippen molar-refractivity contribution < 1.29 is 14.2 Å². The first-order chi connectivity index (χ1) is 23.1. The molecule has 4 aliphatic rings. The van der Waals surface area contributed by atoms with E-state index in [1.54, 1.807) is 15.6 Å². The molecule has 1 saturated carbocycles. The van der Waals surface area contributed by atoms with Gasteiger partial charge in [-0.25, -0.2) is 14.6 Å². The maximum atomic E-state index is 9.63. The monoisotopic (exact) mass is 638 g/mol. The molecule has 0 amide bonds. The topological polar surface area (TPSA) is 141 Å². The van der Waals surface area contributed by atoms with E-state index in [0.717, 1.165) is 112 Å². The minimum Gasteiger partial charge on any atom is -0.374 e. The van der Waals surface area contributed by atoms with Gasteiger partial charge in [-0.1, -0.05) is 5.21 Å². The highest BCUT2D eigenvalue weighted by Gasteiger charge is 2.39. The van der Waals surface area contributed by atoms with Crippen LogP contribution in [0.15, 0.2) is 36.8 Å². The number of pyridine rings is 2. The first-order valence-electron chi connectivity index (χ1n) is 17.2. The fourth-order valence-corrected chi connectivity index (χ4v) is 7.56. The largest absolute Gasteiger partial charge is 0.374 e. The summed E-state index contributed by atoms with van der Waals surface area (Å²) in [5.41, 5.74) is 3.18. The predicted molar refractivity (Wildman–Crippen MR) is 175 cm³/mol. The molecule has 1 N–H and O–H groups in total. The molecule has 13 heteroatoms. The highest BCUT2D eigenvalue weighted by molar-refractivity contribution is 5.78. The van der Waals surface area contributed by atoms with Gasteiger partial charge in [0.1, 0.15) is 17.5 Å². The number of anilines is 2. The van der Waals surface area contributed by atoms with Crippen LogP contribution < -0.4 is 10.2 Å². The van der Waals surface area contributed by atoms with Gasteiger partial charge in [-0.3, -0.25) is 0 Å². The molecule has 3 saturated heterocycles. The zero-order chi connectivity index (χ0) is 31.7. The lowest BCUT2D eigenvalue weighted by atomic mass is 9.79. The lowest BCUT2D eigenvalue weighted by Gasteiger charge is -2.28. The molecule has 0 radical (unpaired) electrons. The van der Waals surface area contributed by atoms with Crippen molar-refractivity contribution >= 4 is 22.5 Å². The number of nitrogens with one attached hydrogen (secondary N) is 1. The molecule has 1 unspecified atom stereocenters. The Labute approximate surface area is 274 Å². The van der Waals surface area contributed by atoms with Gasteiger partial charge >= 0.3 is 0 Å². The average Bonchev–Trinajstić information content (AvgIpc) is 3.94. The van der Waals surface area contributed by atoms with Crippen molar-refractivity contribution in [2.45, 2.75) is 95.1 Å². The first-order valence-corrected chi connectivity index (χ1v) is 17.2. The van der Waals surface area contributed by atoms with E-state index < -0.39 is 6.04 Å². The molecule has 4 atom stereocenters. The molecule has 4 aromatic heterocycles. The van der Waals surface area contributed by atoms with Crippen LogP contribution in [0.1, 0.15) is 76.3 Å². The Morgan fingerprint density at radius 3 is 2.81 bits per heavy atom. The number of nitriles is 1. The normalized spacial score (nSPS) is 26.5. The van der Waals surface area contributed by atoms with E-state index in [4.69, 9.17) is 24.2 Å². The number of hydrogen-bond donors (Lipinski definition) is 1. The standard InChI is InChI=1S/C34H42N10O3/c1-22(16-35)38-28-15-32(44-34-25(17-37-44)9-10-31(39-34)42-19-27-14-26(42)21-47-27)36-18-30(28)43-20-29(40-41-43)24-7-5-23(6-8-24)11-13-46-33-4-2-3-12-45-33/h9-10,15,17-18,20,22-24,26-27,33H,2-8,11-14,19,21H2,1H3,(H,36,38)/t22-,23?,24?,26-,27-,33?/m1/s1. The van der Waals surface area contributed by atoms with Gasteiger partial charge in [0.05, 0.1) is 54.8 Å². The summed E-state index contributed by atoms with van der Waals surface area (Å²) >= 11 is 0. The Hall–Kier alpha value is -4.12. The first kappa shape index (κ1) is 30.2. The van der Waals surface area contributed by atoms with Gasteiger partial charge in [-0.15, -0.1) is 5.10 Å². The summed E-state index contributed by atoms with van der Waals surface area (Å²) in [4.78, 5) is 12.1. The Morgan fingerprint density at radius 2 is 2.02 bits per heavy atom. The molecule has 0 aromatic carbocycles.